The summed E-state index contributed by atoms with van der Waals surface area (Å²) in [7, 11) is 0. The summed E-state index contributed by atoms with van der Waals surface area (Å²) < 4.78 is 19.9. The van der Waals surface area contributed by atoms with Gasteiger partial charge in [0.25, 0.3) is 0 Å². The van der Waals surface area contributed by atoms with E-state index in [0.29, 0.717) is 5.89 Å². The van der Waals surface area contributed by atoms with Gasteiger partial charge in [-0.2, -0.15) is 5.10 Å². The van der Waals surface area contributed by atoms with Crippen LogP contribution in [-0.4, -0.2) is 20.4 Å². The van der Waals surface area contributed by atoms with E-state index in [1.165, 1.54) is 6.07 Å². The van der Waals surface area contributed by atoms with Crippen LogP contribution in [0.25, 0.3) is 22.4 Å². The van der Waals surface area contributed by atoms with Crippen molar-refractivity contribution >= 4 is 51.1 Å². The first-order chi connectivity index (χ1) is 12.5. The minimum absolute atomic E-state index is 0.0744. The lowest BCUT2D eigenvalue weighted by atomic mass is 10.1. The summed E-state index contributed by atoms with van der Waals surface area (Å²) in [5.74, 6) is -0.0531. The number of hydrogen-bond acceptors (Lipinski definition) is 5. The molecule has 1 atom stereocenters. The van der Waals surface area contributed by atoms with Gasteiger partial charge in [-0.15, -0.1) is 5.10 Å². The summed E-state index contributed by atoms with van der Waals surface area (Å²) in [4.78, 5) is 0. The van der Waals surface area contributed by atoms with Gasteiger partial charge in [-0.05, 0) is 65.4 Å². The van der Waals surface area contributed by atoms with E-state index in [-0.39, 0.29) is 17.1 Å². The number of hydrogen-bond donors (Lipinski definition) is 2. The van der Waals surface area contributed by atoms with Gasteiger partial charge < -0.3 is 9.73 Å². The van der Waals surface area contributed by atoms with Crippen LogP contribution in [0.2, 0.25) is 5.02 Å². The van der Waals surface area contributed by atoms with Gasteiger partial charge in [0, 0.05) is 10.9 Å². The molecule has 0 amide bonds. The molecule has 0 saturated heterocycles. The first-order valence-corrected chi connectivity index (χ1v) is 9.16. The van der Waals surface area contributed by atoms with E-state index in [1.807, 2.05) is 25.1 Å². The molecule has 0 aliphatic carbocycles. The third kappa shape index (κ3) is 3.26. The van der Waals surface area contributed by atoms with Crippen molar-refractivity contribution < 1.29 is 8.81 Å². The first kappa shape index (κ1) is 17.2. The standard InChI is InChI=1S/C17H12ClFIN5O/c1-8(9-2-4-13(19)12(18)7-9)21-17-25-24-16(26-17)10-3-5-14-11(6-10)15(20)23-22-14/h2-8H,1H3,(H,21,25)(H,22,23). The fourth-order valence-corrected chi connectivity index (χ4v) is 3.32. The number of fused-ring (bicyclic) bond motifs is 1. The van der Waals surface area contributed by atoms with E-state index in [2.05, 4.69) is 48.3 Å². The highest BCUT2D eigenvalue weighted by molar-refractivity contribution is 14.1. The Morgan fingerprint density at radius 1 is 1.23 bits per heavy atom. The van der Waals surface area contributed by atoms with Crippen molar-refractivity contribution in [1.29, 1.82) is 0 Å². The maximum absolute atomic E-state index is 13.3. The van der Waals surface area contributed by atoms with Crippen molar-refractivity contribution in [2.45, 2.75) is 13.0 Å². The Labute approximate surface area is 166 Å². The predicted octanol–water partition coefficient (Wildman–Crippen LogP) is 5.18. The number of aromatic nitrogens is 4. The molecule has 0 spiro atoms. The molecule has 26 heavy (non-hydrogen) atoms. The van der Waals surface area contributed by atoms with Crippen LogP contribution in [0.4, 0.5) is 10.4 Å². The van der Waals surface area contributed by atoms with Gasteiger partial charge in [-0.25, -0.2) is 4.39 Å². The van der Waals surface area contributed by atoms with Gasteiger partial charge in [0.15, 0.2) is 0 Å². The maximum atomic E-state index is 13.3. The van der Waals surface area contributed by atoms with Crippen LogP contribution in [0.5, 0.6) is 0 Å². The SMILES string of the molecule is CC(Nc1nnc(-c2ccc3[nH]nc(I)c3c2)o1)c1ccc(F)c(Cl)c1. The Morgan fingerprint density at radius 2 is 2.08 bits per heavy atom. The van der Waals surface area contributed by atoms with Gasteiger partial charge in [-0.3, -0.25) is 5.10 Å². The van der Waals surface area contributed by atoms with E-state index < -0.39 is 5.82 Å². The second-order valence-corrected chi connectivity index (χ2v) is 7.16. The van der Waals surface area contributed by atoms with Crippen LogP contribution in [0, 0.1) is 9.52 Å². The lowest BCUT2D eigenvalue weighted by Gasteiger charge is -2.12. The summed E-state index contributed by atoms with van der Waals surface area (Å²) in [5, 5.41) is 19.4. The number of benzene rings is 2. The molecule has 4 rings (SSSR count). The molecule has 0 bridgehead atoms. The van der Waals surface area contributed by atoms with Crippen molar-refractivity contribution in [3.8, 4) is 11.5 Å². The molecular formula is C17H12ClFIN5O. The Morgan fingerprint density at radius 3 is 2.88 bits per heavy atom. The molecule has 4 aromatic rings. The number of H-pyrrole nitrogens is 1. The number of nitrogens with zero attached hydrogens (tertiary/aromatic N) is 3. The minimum Gasteiger partial charge on any atom is -0.403 e. The number of anilines is 1. The minimum atomic E-state index is -0.452. The van der Waals surface area contributed by atoms with Crippen molar-refractivity contribution in [2.75, 3.05) is 5.32 Å². The Hall–Kier alpha value is -2.20. The fourth-order valence-electron chi connectivity index (χ4n) is 2.56. The Balaban J connectivity index is 1.56. The van der Waals surface area contributed by atoms with Crippen LogP contribution in [0.1, 0.15) is 18.5 Å². The van der Waals surface area contributed by atoms with Gasteiger partial charge in [0.2, 0.25) is 5.89 Å². The number of aromatic amines is 1. The molecule has 0 aliphatic rings. The monoisotopic (exact) mass is 483 g/mol. The zero-order valence-electron chi connectivity index (χ0n) is 13.4. The zero-order chi connectivity index (χ0) is 18.3. The third-order valence-electron chi connectivity index (χ3n) is 3.97. The van der Waals surface area contributed by atoms with Crippen molar-refractivity contribution in [3.05, 3.63) is 56.5 Å². The molecule has 6 nitrogen and oxygen atoms in total. The predicted molar refractivity (Wildman–Crippen MR) is 106 cm³/mol. The molecule has 9 heteroatoms. The van der Waals surface area contributed by atoms with Gasteiger partial charge in [0.05, 0.1) is 16.6 Å². The average molecular weight is 484 g/mol. The number of nitrogens with one attached hydrogen (secondary N) is 2. The second kappa shape index (κ2) is 6.84. The zero-order valence-corrected chi connectivity index (χ0v) is 16.3. The molecule has 0 fully saturated rings. The van der Waals surface area contributed by atoms with Crippen LogP contribution < -0.4 is 5.32 Å². The Bertz CT molecular complexity index is 1100. The largest absolute Gasteiger partial charge is 0.403 e. The second-order valence-electron chi connectivity index (χ2n) is 5.73. The quantitative estimate of drug-likeness (QED) is 0.391. The van der Waals surface area contributed by atoms with E-state index in [4.69, 9.17) is 16.0 Å². The lowest BCUT2D eigenvalue weighted by molar-refractivity contribution is 0.573. The van der Waals surface area contributed by atoms with Crippen molar-refractivity contribution in [3.63, 3.8) is 0 Å². The normalized spacial score (nSPS) is 12.5. The molecule has 0 aliphatic heterocycles. The van der Waals surface area contributed by atoms with E-state index >= 15 is 0 Å². The third-order valence-corrected chi connectivity index (χ3v) is 5.08. The summed E-state index contributed by atoms with van der Waals surface area (Å²) in [6.45, 7) is 1.90. The highest BCUT2D eigenvalue weighted by Gasteiger charge is 2.14. The summed E-state index contributed by atoms with van der Waals surface area (Å²) >= 11 is 8.00. The van der Waals surface area contributed by atoms with Gasteiger partial charge in [-0.1, -0.05) is 22.8 Å². The molecule has 2 aromatic carbocycles. The molecular weight excluding hydrogens is 472 g/mol. The van der Waals surface area contributed by atoms with Crippen LogP contribution in [-0.2, 0) is 0 Å². The summed E-state index contributed by atoms with van der Waals surface area (Å²) in [6.07, 6.45) is 0. The van der Waals surface area contributed by atoms with Gasteiger partial charge >= 0.3 is 6.01 Å². The van der Waals surface area contributed by atoms with Gasteiger partial charge in [0.1, 0.15) is 9.52 Å². The fraction of sp³-hybridized carbons (Fsp3) is 0.118. The maximum Gasteiger partial charge on any atom is 0.316 e. The van der Waals surface area contributed by atoms with E-state index in [9.17, 15) is 4.39 Å². The van der Waals surface area contributed by atoms with Crippen LogP contribution >= 0.6 is 34.2 Å². The molecule has 2 N–H and O–H groups in total. The smallest absolute Gasteiger partial charge is 0.316 e. The van der Waals surface area contributed by atoms with Crippen LogP contribution in [0.3, 0.4) is 0 Å². The molecule has 2 heterocycles. The first-order valence-electron chi connectivity index (χ1n) is 7.70. The van der Waals surface area contributed by atoms with Crippen molar-refractivity contribution in [1.82, 2.24) is 20.4 Å². The van der Waals surface area contributed by atoms with E-state index in [0.717, 1.165) is 25.7 Å². The highest BCUT2D eigenvalue weighted by Crippen LogP contribution is 2.28. The molecule has 0 radical (unpaired) electrons. The summed E-state index contributed by atoms with van der Waals surface area (Å²) in [6, 6.07) is 10.4. The number of halogens is 3. The molecule has 2 aromatic heterocycles. The number of rotatable bonds is 4. The average Bonchev–Trinajstić information content (AvgIpc) is 3.24. The van der Waals surface area contributed by atoms with E-state index in [1.54, 1.807) is 12.1 Å². The van der Waals surface area contributed by atoms with Crippen molar-refractivity contribution in [2.24, 2.45) is 0 Å². The van der Waals surface area contributed by atoms with Crippen LogP contribution in [0.15, 0.2) is 40.8 Å². The molecule has 0 saturated carbocycles. The molecule has 1 unspecified atom stereocenters. The highest BCUT2D eigenvalue weighted by atomic mass is 127. The topological polar surface area (TPSA) is 79.6 Å². The lowest BCUT2D eigenvalue weighted by Crippen LogP contribution is -2.07. The molecule has 132 valence electrons. The summed E-state index contributed by atoms with van der Waals surface area (Å²) in [5.41, 5.74) is 2.55. The Kier molecular flexibility index (Phi) is 4.53.